The molecule has 0 aromatic rings. The van der Waals surface area contributed by atoms with E-state index in [1.807, 2.05) is 13.1 Å². The third kappa shape index (κ3) is 3.22. The van der Waals surface area contributed by atoms with Crippen LogP contribution in [0.15, 0.2) is 21.8 Å². The van der Waals surface area contributed by atoms with Gasteiger partial charge in [0.25, 0.3) is 0 Å². The highest BCUT2D eigenvalue weighted by Gasteiger charge is 2.27. The Labute approximate surface area is 131 Å². The molecule has 0 radical (unpaired) electrons. The fourth-order valence-electron chi connectivity index (χ4n) is 3.19. The number of hydrogen-bond acceptors (Lipinski definition) is 6. The normalized spacial score (nSPS) is 24.9. The molecular formula is C16H23N5O. The van der Waals surface area contributed by atoms with Gasteiger partial charge in [-0.2, -0.15) is 0 Å². The Morgan fingerprint density at radius 2 is 2.18 bits per heavy atom. The van der Waals surface area contributed by atoms with Crippen LogP contribution in [-0.4, -0.2) is 39.2 Å². The molecule has 22 heavy (non-hydrogen) atoms. The Kier molecular flexibility index (Phi) is 4.04. The van der Waals surface area contributed by atoms with E-state index in [1.54, 1.807) is 11.9 Å². The molecule has 3 aliphatic rings. The van der Waals surface area contributed by atoms with Gasteiger partial charge in [0.1, 0.15) is 12.3 Å². The molecule has 3 N–H and O–H groups in total. The van der Waals surface area contributed by atoms with E-state index in [-0.39, 0.29) is 0 Å². The fraction of sp³-hybridized carbons (Fsp3) is 0.625. The summed E-state index contributed by atoms with van der Waals surface area (Å²) in [5.41, 5.74) is 0.607. The number of allylic oxidation sites excluding steroid dienone is 1. The van der Waals surface area contributed by atoms with Gasteiger partial charge in [-0.05, 0) is 26.2 Å². The summed E-state index contributed by atoms with van der Waals surface area (Å²) in [6.07, 6.45) is 7.52. The van der Waals surface area contributed by atoms with Crippen LogP contribution in [0.5, 0.6) is 0 Å². The van der Waals surface area contributed by atoms with Crippen LogP contribution in [-0.2, 0) is 0 Å². The molecule has 1 saturated carbocycles. The standard InChI is InChI=1S/C16H23N5O/c1-12-14(10-20-15(19-12)18-11-21(20)17)7-8-16(2,22)9-13-5-3-4-6-13/h10,13,22H,3-6,9,11,17H2,1-2H3. The Morgan fingerprint density at radius 1 is 1.45 bits per heavy atom. The minimum atomic E-state index is -0.960. The van der Waals surface area contributed by atoms with E-state index in [0.29, 0.717) is 18.5 Å². The van der Waals surface area contributed by atoms with Crippen LogP contribution in [0.3, 0.4) is 0 Å². The maximum absolute atomic E-state index is 10.5. The quantitative estimate of drug-likeness (QED) is 0.597. The minimum absolute atomic E-state index is 0.392. The predicted octanol–water partition coefficient (Wildman–Crippen LogP) is 1.40. The number of fused-ring (bicyclic) bond motifs is 1. The summed E-state index contributed by atoms with van der Waals surface area (Å²) in [7, 11) is 0. The Hall–Kier alpha value is -1.68. The van der Waals surface area contributed by atoms with Crippen molar-refractivity contribution in [2.45, 2.75) is 51.6 Å². The topological polar surface area (TPSA) is 77.5 Å². The van der Waals surface area contributed by atoms with Crippen molar-refractivity contribution in [3.63, 3.8) is 0 Å². The van der Waals surface area contributed by atoms with E-state index in [9.17, 15) is 5.11 Å². The number of aliphatic imine (C=N–C) groups is 2. The summed E-state index contributed by atoms with van der Waals surface area (Å²) in [5.74, 6) is 13.1. The summed E-state index contributed by atoms with van der Waals surface area (Å²) in [6, 6.07) is 0. The largest absolute Gasteiger partial charge is 0.378 e. The van der Waals surface area contributed by atoms with Gasteiger partial charge in [0.15, 0.2) is 0 Å². The van der Waals surface area contributed by atoms with Crippen molar-refractivity contribution in [1.29, 1.82) is 0 Å². The lowest BCUT2D eigenvalue weighted by Gasteiger charge is -2.24. The molecule has 0 amide bonds. The molecule has 0 aromatic heterocycles. The SMILES string of the molecule is CC1=NC2=NCN(N)N2C=C1C#CC(C)(O)CC1CCCC1. The Balaban J connectivity index is 1.73. The molecule has 1 fully saturated rings. The lowest BCUT2D eigenvalue weighted by atomic mass is 9.91. The van der Waals surface area contributed by atoms with E-state index in [1.165, 1.54) is 30.8 Å². The third-order valence-electron chi connectivity index (χ3n) is 4.37. The zero-order valence-corrected chi connectivity index (χ0v) is 13.2. The van der Waals surface area contributed by atoms with Gasteiger partial charge in [-0.3, -0.25) is 0 Å². The highest BCUT2D eigenvalue weighted by atomic mass is 16.3. The summed E-state index contributed by atoms with van der Waals surface area (Å²) in [5, 5.41) is 13.7. The molecule has 1 aliphatic carbocycles. The van der Waals surface area contributed by atoms with Gasteiger partial charge in [-0.15, -0.1) is 5.12 Å². The highest BCUT2D eigenvalue weighted by molar-refractivity contribution is 6.10. The van der Waals surface area contributed by atoms with Crippen LogP contribution in [0, 0.1) is 17.8 Å². The fourth-order valence-corrected chi connectivity index (χ4v) is 3.19. The molecule has 2 heterocycles. The van der Waals surface area contributed by atoms with Gasteiger partial charge in [0.05, 0.1) is 11.3 Å². The average molecular weight is 301 g/mol. The first kappa shape index (κ1) is 15.2. The number of nitrogens with two attached hydrogens (primary N) is 1. The second-order valence-electron chi connectivity index (χ2n) is 6.50. The van der Waals surface area contributed by atoms with Crippen molar-refractivity contribution in [1.82, 2.24) is 10.1 Å². The maximum Gasteiger partial charge on any atom is 0.242 e. The van der Waals surface area contributed by atoms with Crippen LogP contribution >= 0.6 is 0 Å². The number of rotatable bonds is 2. The second-order valence-corrected chi connectivity index (χ2v) is 6.50. The smallest absolute Gasteiger partial charge is 0.242 e. The molecule has 1 unspecified atom stereocenters. The summed E-state index contributed by atoms with van der Waals surface area (Å²) >= 11 is 0. The molecule has 1 atom stereocenters. The van der Waals surface area contributed by atoms with E-state index in [4.69, 9.17) is 5.84 Å². The summed E-state index contributed by atoms with van der Waals surface area (Å²) < 4.78 is 0. The maximum atomic E-state index is 10.5. The monoisotopic (exact) mass is 301 g/mol. The first-order valence-electron chi connectivity index (χ1n) is 7.83. The van der Waals surface area contributed by atoms with Crippen LogP contribution in [0.25, 0.3) is 0 Å². The zero-order chi connectivity index (χ0) is 15.7. The Bertz CT molecular complexity index is 602. The van der Waals surface area contributed by atoms with E-state index in [2.05, 4.69) is 21.8 Å². The van der Waals surface area contributed by atoms with Crippen molar-refractivity contribution in [2.24, 2.45) is 21.7 Å². The van der Waals surface area contributed by atoms with Crippen LogP contribution in [0.1, 0.15) is 46.0 Å². The lowest BCUT2D eigenvalue weighted by molar-refractivity contribution is 0.0925. The molecule has 6 heteroatoms. The number of aliphatic hydroxyl groups is 1. The van der Waals surface area contributed by atoms with Crippen LogP contribution in [0.4, 0.5) is 0 Å². The van der Waals surface area contributed by atoms with Gasteiger partial charge in [-0.25, -0.2) is 20.8 Å². The van der Waals surface area contributed by atoms with Gasteiger partial charge < -0.3 is 5.11 Å². The first-order valence-corrected chi connectivity index (χ1v) is 7.83. The summed E-state index contributed by atoms with van der Waals surface area (Å²) in [6.45, 7) is 4.08. The third-order valence-corrected chi connectivity index (χ3v) is 4.37. The Morgan fingerprint density at radius 3 is 2.91 bits per heavy atom. The molecule has 118 valence electrons. The molecule has 2 aliphatic heterocycles. The van der Waals surface area contributed by atoms with Crippen molar-refractivity contribution < 1.29 is 5.11 Å². The van der Waals surface area contributed by atoms with Gasteiger partial charge in [-0.1, -0.05) is 37.5 Å². The lowest BCUT2D eigenvalue weighted by Crippen LogP contribution is -2.43. The van der Waals surface area contributed by atoms with E-state index >= 15 is 0 Å². The van der Waals surface area contributed by atoms with Gasteiger partial charge in [0.2, 0.25) is 5.96 Å². The van der Waals surface area contributed by atoms with E-state index in [0.717, 1.165) is 17.7 Å². The average Bonchev–Trinajstić information content (AvgIpc) is 3.07. The van der Waals surface area contributed by atoms with Crippen molar-refractivity contribution in [3.8, 4) is 11.8 Å². The highest BCUT2D eigenvalue weighted by Crippen LogP contribution is 2.31. The molecule has 0 aromatic carbocycles. The van der Waals surface area contributed by atoms with Gasteiger partial charge >= 0.3 is 0 Å². The molecule has 3 rings (SSSR count). The number of hydrogen-bond donors (Lipinski definition) is 2. The number of hydrazine groups is 2. The second kappa shape index (κ2) is 5.84. The molecule has 0 spiro atoms. The summed E-state index contributed by atoms with van der Waals surface area (Å²) in [4.78, 5) is 8.61. The zero-order valence-electron chi connectivity index (χ0n) is 13.2. The number of guanidine groups is 1. The van der Waals surface area contributed by atoms with Crippen molar-refractivity contribution in [2.75, 3.05) is 6.67 Å². The molecule has 6 nitrogen and oxygen atoms in total. The van der Waals surface area contributed by atoms with Crippen LogP contribution < -0.4 is 5.84 Å². The predicted molar refractivity (Wildman–Crippen MR) is 86.3 cm³/mol. The van der Waals surface area contributed by atoms with Crippen molar-refractivity contribution in [3.05, 3.63) is 11.8 Å². The van der Waals surface area contributed by atoms with Crippen LogP contribution in [0.2, 0.25) is 0 Å². The molecule has 0 bridgehead atoms. The number of nitrogens with zero attached hydrogens (tertiary/aromatic N) is 4. The first-order chi connectivity index (χ1) is 10.4. The van der Waals surface area contributed by atoms with Crippen molar-refractivity contribution >= 4 is 11.7 Å². The minimum Gasteiger partial charge on any atom is -0.378 e. The molecule has 0 saturated heterocycles. The van der Waals surface area contributed by atoms with Gasteiger partial charge in [0, 0.05) is 6.20 Å². The van der Waals surface area contributed by atoms with E-state index < -0.39 is 5.60 Å². The molecular weight excluding hydrogens is 278 g/mol.